The highest BCUT2D eigenvalue weighted by molar-refractivity contribution is 6.30. The maximum atomic E-state index is 12.1. The molecule has 0 radical (unpaired) electrons. The molecule has 1 aliphatic heterocycles. The Hall–Kier alpha value is -2.33. The fourth-order valence-electron chi connectivity index (χ4n) is 2.11. The van der Waals surface area contributed by atoms with Gasteiger partial charge in [-0.1, -0.05) is 11.6 Å². The molecular weight excluding hydrogens is 276 g/mol. The van der Waals surface area contributed by atoms with E-state index in [1.54, 1.807) is 42.5 Å². The van der Waals surface area contributed by atoms with Gasteiger partial charge in [-0.05, 0) is 48.0 Å². The first-order chi connectivity index (χ1) is 9.61. The minimum absolute atomic E-state index is 0.0461. The molecule has 0 spiro atoms. The molecule has 0 bridgehead atoms. The number of amides is 2. The zero-order valence-electron chi connectivity index (χ0n) is 10.4. The Morgan fingerprint density at radius 2 is 1.90 bits per heavy atom. The van der Waals surface area contributed by atoms with E-state index in [-0.39, 0.29) is 11.8 Å². The smallest absolute Gasteiger partial charge is 0.255 e. The summed E-state index contributed by atoms with van der Waals surface area (Å²) in [4.78, 5) is 23.4. The molecule has 0 aliphatic carbocycles. The molecule has 4 nitrogen and oxygen atoms in total. The molecule has 0 fully saturated rings. The van der Waals surface area contributed by atoms with Gasteiger partial charge in [0.2, 0.25) is 5.91 Å². The summed E-state index contributed by atoms with van der Waals surface area (Å²) in [6, 6.07) is 12.1. The van der Waals surface area contributed by atoms with Crippen LogP contribution >= 0.6 is 11.6 Å². The van der Waals surface area contributed by atoms with Crippen LogP contribution in [0, 0.1) is 0 Å². The van der Waals surface area contributed by atoms with E-state index in [0.29, 0.717) is 22.7 Å². The van der Waals surface area contributed by atoms with E-state index in [4.69, 9.17) is 11.6 Å². The Morgan fingerprint density at radius 3 is 2.65 bits per heavy atom. The summed E-state index contributed by atoms with van der Waals surface area (Å²) >= 11 is 5.79. The largest absolute Gasteiger partial charge is 0.326 e. The molecule has 1 aliphatic rings. The van der Waals surface area contributed by atoms with Crippen molar-refractivity contribution in [3.8, 4) is 0 Å². The van der Waals surface area contributed by atoms with Gasteiger partial charge in [0.1, 0.15) is 0 Å². The van der Waals surface area contributed by atoms with Crippen molar-refractivity contribution in [2.45, 2.75) is 6.42 Å². The molecule has 100 valence electrons. The summed E-state index contributed by atoms with van der Waals surface area (Å²) in [6.45, 7) is 0. The van der Waals surface area contributed by atoms with Crippen LogP contribution in [0.3, 0.4) is 0 Å². The van der Waals surface area contributed by atoms with Crippen LogP contribution in [0.15, 0.2) is 42.5 Å². The summed E-state index contributed by atoms with van der Waals surface area (Å²) in [7, 11) is 0. The van der Waals surface area contributed by atoms with Crippen LogP contribution in [0.5, 0.6) is 0 Å². The zero-order valence-corrected chi connectivity index (χ0v) is 11.2. The molecule has 0 unspecified atom stereocenters. The highest BCUT2D eigenvalue weighted by Crippen LogP contribution is 2.24. The molecule has 2 amide bonds. The SMILES string of the molecule is O=C1Cc2cc(C(=O)Nc3ccc(Cl)cc3)ccc2N1. The first kappa shape index (κ1) is 12.7. The van der Waals surface area contributed by atoms with E-state index >= 15 is 0 Å². The number of rotatable bonds is 2. The Morgan fingerprint density at radius 1 is 1.15 bits per heavy atom. The number of anilines is 2. The molecule has 5 heteroatoms. The monoisotopic (exact) mass is 286 g/mol. The van der Waals surface area contributed by atoms with Gasteiger partial charge in [-0.25, -0.2) is 0 Å². The third-order valence-corrected chi connectivity index (χ3v) is 3.35. The lowest BCUT2D eigenvalue weighted by molar-refractivity contribution is -0.115. The molecule has 0 aromatic heterocycles. The van der Waals surface area contributed by atoms with E-state index in [1.165, 1.54) is 0 Å². The maximum Gasteiger partial charge on any atom is 0.255 e. The summed E-state index contributed by atoms with van der Waals surface area (Å²) in [5.74, 6) is -0.260. The third-order valence-electron chi connectivity index (χ3n) is 3.09. The lowest BCUT2D eigenvalue weighted by Crippen LogP contribution is -2.11. The van der Waals surface area contributed by atoms with Crippen LogP contribution in [0.1, 0.15) is 15.9 Å². The Bertz CT molecular complexity index is 696. The summed E-state index contributed by atoms with van der Waals surface area (Å²) in [6.07, 6.45) is 0.317. The van der Waals surface area contributed by atoms with E-state index in [0.717, 1.165) is 11.3 Å². The number of carbonyl (C=O) groups is 2. The maximum absolute atomic E-state index is 12.1. The van der Waals surface area contributed by atoms with Crippen molar-refractivity contribution in [3.63, 3.8) is 0 Å². The predicted octanol–water partition coefficient (Wildman–Crippen LogP) is 3.09. The number of hydrogen-bond donors (Lipinski definition) is 2. The third kappa shape index (κ3) is 2.51. The summed E-state index contributed by atoms with van der Waals surface area (Å²) in [5.41, 5.74) is 2.82. The second-order valence-corrected chi connectivity index (χ2v) is 4.99. The van der Waals surface area contributed by atoms with Crippen molar-refractivity contribution in [1.82, 2.24) is 0 Å². The molecule has 3 rings (SSSR count). The molecule has 0 atom stereocenters. The second-order valence-electron chi connectivity index (χ2n) is 4.56. The quantitative estimate of drug-likeness (QED) is 0.891. The number of halogens is 1. The van der Waals surface area contributed by atoms with Crippen molar-refractivity contribution in [3.05, 3.63) is 58.6 Å². The molecule has 20 heavy (non-hydrogen) atoms. The van der Waals surface area contributed by atoms with Crippen LogP contribution in [0.2, 0.25) is 5.02 Å². The topological polar surface area (TPSA) is 58.2 Å². The molecule has 0 saturated heterocycles. The Balaban J connectivity index is 1.79. The highest BCUT2D eigenvalue weighted by atomic mass is 35.5. The lowest BCUT2D eigenvalue weighted by atomic mass is 10.1. The molecule has 0 saturated carbocycles. The molecule has 1 heterocycles. The van der Waals surface area contributed by atoms with Crippen LogP contribution in [0.4, 0.5) is 11.4 Å². The molecule has 2 N–H and O–H groups in total. The van der Waals surface area contributed by atoms with E-state index in [2.05, 4.69) is 10.6 Å². The number of carbonyl (C=O) groups excluding carboxylic acids is 2. The fourth-order valence-corrected chi connectivity index (χ4v) is 2.23. The van der Waals surface area contributed by atoms with Gasteiger partial charge in [-0.15, -0.1) is 0 Å². The van der Waals surface area contributed by atoms with Gasteiger partial charge in [-0.3, -0.25) is 9.59 Å². The Kier molecular flexibility index (Phi) is 3.16. The average molecular weight is 287 g/mol. The van der Waals surface area contributed by atoms with Crippen molar-refractivity contribution in [2.24, 2.45) is 0 Å². The average Bonchev–Trinajstić information content (AvgIpc) is 2.80. The van der Waals surface area contributed by atoms with Crippen LogP contribution in [0.25, 0.3) is 0 Å². The molecule has 2 aromatic rings. The van der Waals surface area contributed by atoms with E-state index in [1.807, 2.05) is 0 Å². The van der Waals surface area contributed by atoms with Gasteiger partial charge in [0.25, 0.3) is 5.91 Å². The predicted molar refractivity (Wildman–Crippen MR) is 78.2 cm³/mol. The lowest BCUT2D eigenvalue weighted by Gasteiger charge is -2.06. The number of nitrogens with one attached hydrogen (secondary N) is 2. The van der Waals surface area contributed by atoms with E-state index < -0.39 is 0 Å². The number of fused-ring (bicyclic) bond motifs is 1. The van der Waals surface area contributed by atoms with Gasteiger partial charge in [0, 0.05) is 22.0 Å². The van der Waals surface area contributed by atoms with Crippen molar-refractivity contribution in [1.29, 1.82) is 0 Å². The number of hydrogen-bond acceptors (Lipinski definition) is 2. The first-order valence-electron chi connectivity index (χ1n) is 6.11. The van der Waals surface area contributed by atoms with Gasteiger partial charge >= 0.3 is 0 Å². The van der Waals surface area contributed by atoms with Crippen molar-refractivity contribution in [2.75, 3.05) is 10.6 Å². The van der Waals surface area contributed by atoms with Crippen LogP contribution in [-0.2, 0) is 11.2 Å². The zero-order chi connectivity index (χ0) is 14.1. The highest BCUT2D eigenvalue weighted by Gasteiger charge is 2.19. The van der Waals surface area contributed by atoms with E-state index in [9.17, 15) is 9.59 Å². The normalized spacial score (nSPS) is 12.8. The van der Waals surface area contributed by atoms with Crippen molar-refractivity contribution >= 4 is 34.8 Å². The van der Waals surface area contributed by atoms with Gasteiger partial charge in [-0.2, -0.15) is 0 Å². The van der Waals surface area contributed by atoms with Gasteiger partial charge in [0.05, 0.1) is 6.42 Å². The standard InChI is InChI=1S/C15H11ClN2O2/c16-11-2-4-12(5-3-11)17-15(20)9-1-6-13-10(7-9)8-14(19)18-13/h1-7H,8H2,(H,17,20)(H,18,19). The van der Waals surface area contributed by atoms with Gasteiger partial charge < -0.3 is 10.6 Å². The Labute approximate surface area is 120 Å². The molecular formula is C15H11ClN2O2. The minimum atomic E-state index is -0.213. The summed E-state index contributed by atoms with van der Waals surface area (Å²) < 4.78 is 0. The first-order valence-corrected chi connectivity index (χ1v) is 6.49. The number of benzene rings is 2. The van der Waals surface area contributed by atoms with Gasteiger partial charge in [0.15, 0.2) is 0 Å². The summed E-state index contributed by atoms with van der Waals surface area (Å²) in [5, 5.41) is 6.13. The van der Waals surface area contributed by atoms with Crippen LogP contribution < -0.4 is 10.6 Å². The van der Waals surface area contributed by atoms with Crippen LogP contribution in [-0.4, -0.2) is 11.8 Å². The van der Waals surface area contributed by atoms with Crippen molar-refractivity contribution < 1.29 is 9.59 Å². The molecule has 2 aromatic carbocycles. The fraction of sp³-hybridized carbons (Fsp3) is 0.0667. The minimum Gasteiger partial charge on any atom is -0.326 e. The second kappa shape index (κ2) is 4.98.